The number of benzene rings is 1. The molecule has 86 heavy (non-hydrogen) atoms. The van der Waals surface area contributed by atoms with Crippen LogP contribution in [-0.2, 0) is 65.6 Å². The largest absolute Gasteiger partial charge is 0.508 e. The molecule has 0 aliphatic rings. The second-order valence-electron chi connectivity index (χ2n) is 22.3. The van der Waals surface area contributed by atoms with Crippen molar-refractivity contribution in [1.82, 2.24) is 57.8 Å². The van der Waals surface area contributed by atoms with Gasteiger partial charge >= 0.3 is 5.97 Å². The summed E-state index contributed by atoms with van der Waals surface area (Å²) in [5.41, 5.74) is 28.2. The third kappa shape index (κ3) is 27.1. The number of aromatic hydroxyl groups is 1. The summed E-state index contributed by atoms with van der Waals surface area (Å²) in [6, 6.07) is -8.38. The molecule has 31 nitrogen and oxygen atoms in total. The SMILES string of the molecule is CC(C)C[C@H](NC(=O)[C@H](C)NC(=O)[C@@H](NC(=O)[C@H](CC(C)C)NC(=O)[C@H](Cc1cnc[nH]1)NC(=O)[C@H](CCCCN)NC(=O)[C@@H](N)CC(N)=O)C(C)C)C(=O)N[C@@H](Cc1ccc(O)cc1)C(=O)N[C@H](C(=O)N[C@@H](CCCN=C(N)N)C(=O)O)[C@@H](C)O. The van der Waals surface area contributed by atoms with Crippen molar-refractivity contribution in [2.45, 2.75) is 186 Å². The van der Waals surface area contributed by atoms with Crippen molar-refractivity contribution in [2.24, 2.45) is 51.4 Å². The number of aromatic amines is 1. The van der Waals surface area contributed by atoms with Crippen molar-refractivity contribution in [3.05, 3.63) is 48.0 Å². The molecule has 2 rings (SSSR count). The van der Waals surface area contributed by atoms with Gasteiger partial charge in [0.15, 0.2) is 5.96 Å². The Balaban J connectivity index is 2.37. The average Bonchev–Trinajstić information content (AvgIpc) is 2.94. The first-order chi connectivity index (χ1) is 40.3. The molecule has 1 aromatic heterocycles. The number of unbranched alkanes of at least 4 members (excludes halogenated alkanes) is 1. The minimum Gasteiger partial charge on any atom is -0.508 e. The third-order valence-electron chi connectivity index (χ3n) is 13.3. The van der Waals surface area contributed by atoms with E-state index in [1.165, 1.54) is 50.6 Å². The number of rotatable bonds is 39. The number of aromatic nitrogens is 2. The number of phenolic OH excluding ortho intramolecular Hbond substituents is 1. The Labute approximate surface area is 499 Å². The number of aliphatic imine (C=N–C) groups is 1. The minimum atomic E-state index is -1.73. The normalized spacial score (nSPS) is 15.1. The zero-order valence-corrected chi connectivity index (χ0v) is 50.1. The van der Waals surface area contributed by atoms with Crippen molar-refractivity contribution < 1.29 is 68.1 Å². The number of aliphatic hydroxyl groups is 1. The van der Waals surface area contributed by atoms with Crippen LogP contribution in [0.25, 0.3) is 0 Å². The van der Waals surface area contributed by atoms with Gasteiger partial charge in [0.05, 0.1) is 24.9 Å². The monoisotopic (exact) mass is 1210 g/mol. The second-order valence-corrected chi connectivity index (χ2v) is 22.3. The number of hydrogen-bond donors (Lipinski definition) is 18. The molecule has 10 amide bonds. The molecule has 0 aliphatic heterocycles. The Morgan fingerprint density at radius 3 is 1.56 bits per heavy atom. The number of carbonyl (C=O) groups excluding carboxylic acids is 10. The molecule has 0 radical (unpaired) electrons. The maximum atomic E-state index is 14.2. The Hall–Kier alpha value is -8.45. The number of primary amides is 1. The molecular weight excluding hydrogens is 1120 g/mol. The smallest absolute Gasteiger partial charge is 0.326 e. The van der Waals surface area contributed by atoms with Gasteiger partial charge in [-0.15, -0.1) is 0 Å². The number of carboxylic acid groups (broad SMARTS) is 1. The van der Waals surface area contributed by atoms with E-state index in [0.717, 1.165) is 0 Å². The number of carbonyl (C=O) groups is 11. The maximum Gasteiger partial charge on any atom is 0.326 e. The van der Waals surface area contributed by atoms with Crippen molar-refractivity contribution in [1.29, 1.82) is 0 Å². The molecule has 11 atom stereocenters. The molecule has 0 saturated carbocycles. The van der Waals surface area contributed by atoms with Crippen LogP contribution in [0, 0.1) is 17.8 Å². The van der Waals surface area contributed by atoms with Crippen LogP contribution < -0.4 is 76.5 Å². The van der Waals surface area contributed by atoms with Crippen LogP contribution >= 0.6 is 0 Å². The number of carboxylic acids is 1. The van der Waals surface area contributed by atoms with E-state index in [1.807, 2.05) is 0 Å². The number of nitrogens with two attached hydrogens (primary N) is 5. The number of phenols is 1. The Kier molecular flexibility index (Phi) is 31.8. The summed E-state index contributed by atoms with van der Waals surface area (Å²) in [5, 5.41) is 53.5. The molecular formula is C55H91N17O14. The minimum absolute atomic E-state index is 0.00334. The highest BCUT2D eigenvalue weighted by molar-refractivity contribution is 5.99. The van der Waals surface area contributed by atoms with E-state index in [-0.39, 0.29) is 81.6 Å². The van der Waals surface area contributed by atoms with E-state index in [4.69, 9.17) is 28.7 Å². The standard InChI is InChI=1S/C55H91N17O14/c1-27(2)20-38(48(79)69-40(22-32-14-16-34(74)17-15-32)51(82)72-44(31(8)73)53(84)66-37(54(85)86)13-11-19-62-55(59)60)67-45(76)30(7)64-52(83)43(29(5)6)71-50(81)39(21-28(3)4)68-49(80)41(23-33-25-61-26-63-33)70-47(78)36(12-9-10-18-56)65-46(77)35(57)24-42(58)75/h14-17,25-31,35-41,43-44,73-74H,9-13,18-24,56-57H2,1-8H3,(H2,58,75)(H,61,63)(H,64,83)(H,65,77)(H,66,84)(H,67,76)(H,68,80)(H,69,79)(H,70,78)(H,71,81)(H,72,82)(H,85,86)(H4,59,60,62)/t30-,31+,35-,36-,37-,38-,39-,40-,41-,43-,44-/m0/s1. The number of H-pyrrole nitrogens is 1. The summed E-state index contributed by atoms with van der Waals surface area (Å²) in [4.78, 5) is 159. The van der Waals surface area contributed by atoms with Gasteiger partial charge in [-0.2, -0.15) is 0 Å². The summed E-state index contributed by atoms with van der Waals surface area (Å²) in [5.74, 6) is -11.5. The first kappa shape index (κ1) is 73.7. The van der Waals surface area contributed by atoms with Gasteiger partial charge in [0.1, 0.15) is 60.1 Å². The molecule has 1 aromatic carbocycles. The van der Waals surface area contributed by atoms with Crippen molar-refractivity contribution >= 4 is 71.0 Å². The number of nitrogens with zero attached hydrogens (tertiary/aromatic N) is 2. The molecule has 0 bridgehead atoms. The van der Waals surface area contributed by atoms with Gasteiger partial charge in [0, 0.05) is 31.3 Å². The summed E-state index contributed by atoms with van der Waals surface area (Å²) >= 11 is 0. The fourth-order valence-electron chi connectivity index (χ4n) is 8.61. The molecule has 2 aromatic rings. The van der Waals surface area contributed by atoms with Gasteiger partial charge in [-0.1, -0.05) is 53.7 Å². The lowest BCUT2D eigenvalue weighted by molar-refractivity contribution is -0.143. The molecule has 31 heteroatoms. The van der Waals surface area contributed by atoms with Crippen LogP contribution in [0.4, 0.5) is 0 Å². The van der Waals surface area contributed by atoms with E-state index in [9.17, 15) is 68.1 Å². The fourth-order valence-corrected chi connectivity index (χ4v) is 8.61. The first-order valence-electron chi connectivity index (χ1n) is 28.5. The van der Waals surface area contributed by atoms with E-state index >= 15 is 0 Å². The number of nitrogens with one attached hydrogen (secondary N) is 10. The molecule has 1 heterocycles. The zero-order valence-electron chi connectivity index (χ0n) is 50.1. The van der Waals surface area contributed by atoms with E-state index in [0.29, 0.717) is 24.1 Å². The quantitative estimate of drug-likeness (QED) is 0.0172. The van der Waals surface area contributed by atoms with E-state index in [1.54, 1.807) is 41.5 Å². The predicted octanol–water partition coefficient (Wildman–Crippen LogP) is -4.12. The molecule has 23 N–H and O–H groups in total. The summed E-state index contributed by atoms with van der Waals surface area (Å²) in [7, 11) is 0. The summed E-state index contributed by atoms with van der Waals surface area (Å²) in [6.07, 6.45) is 1.32. The van der Waals surface area contributed by atoms with Gasteiger partial charge in [0.2, 0.25) is 59.1 Å². The van der Waals surface area contributed by atoms with Crippen LogP contribution in [0.3, 0.4) is 0 Å². The first-order valence-corrected chi connectivity index (χ1v) is 28.5. The topological polar surface area (TPSA) is 528 Å². The summed E-state index contributed by atoms with van der Waals surface area (Å²) in [6.45, 7) is 13.2. The van der Waals surface area contributed by atoms with Gasteiger partial charge in [-0.25, -0.2) is 9.78 Å². The zero-order chi connectivity index (χ0) is 65.0. The average molecular weight is 1210 g/mol. The number of amides is 10. The number of imidazole rings is 1. The van der Waals surface area contributed by atoms with Crippen LogP contribution in [0.15, 0.2) is 41.8 Å². The fraction of sp³-hybridized carbons (Fsp3) is 0.618. The lowest BCUT2D eigenvalue weighted by Crippen LogP contribution is -2.61. The van der Waals surface area contributed by atoms with Crippen molar-refractivity contribution in [3.8, 4) is 5.75 Å². The predicted molar refractivity (Wildman–Crippen MR) is 315 cm³/mol. The number of hydrogen-bond acceptors (Lipinski definition) is 17. The summed E-state index contributed by atoms with van der Waals surface area (Å²) < 4.78 is 0. The van der Waals surface area contributed by atoms with Gasteiger partial charge in [0.25, 0.3) is 0 Å². The highest BCUT2D eigenvalue weighted by Gasteiger charge is 2.37. The number of guanidine groups is 1. The Bertz CT molecular complexity index is 2600. The van der Waals surface area contributed by atoms with Crippen molar-refractivity contribution in [2.75, 3.05) is 13.1 Å². The van der Waals surface area contributed by atoms with Gasteiger partial charge in [-0.05, 0) is 101 Å². The maximum absolute atomic E-state index is 14.2. The Morgan fingerprint density at radius 1 is 0.570 bits per heavy atom. The highest BCUT2D eigenvalue weighted by Crippen LogP contribution is 2.15. The lowest BCUT2D eigenvalue weighted by atomic mass is 9.99. The van der Waals surface area contributed by atoms with E-state index < -0.39 is 144 Å². The Morgan fingerprint density at radius 2 is 1.05 bits per heavy atom. The second kappa shape index (κ2) is 37.1. The molecule has 0 unspecified atom stereocenters. The van der Waals surface area contributed by atoms with Crippen LogP contribution in [-0.4, -0.2) is 176 Å². The molecule has 0 saturated heterocycles. The molecule has 480 valence electrons. The van der Waals surface area contributed by atoms with Gasteiger partial charge < -0.3 is 96.8 Å². The lowest BCUT2D eigenvalue weighted by Gasteiger charge is -2.29. The molecule has 0 aliphatic carbocycles. The highest BCUT2D eigenvalue weighted by atomic mass is 16.4. The van der Waals surface area contributed by atoms with Gasteiger partial charge in [-0.3, -0.25) is 52.9 Å². The molecule has 0 fully saturated rings. The van der Waals surface area contributed by atoms with E-state index in [2.05, 4.69) is 62.8 Å². The number of aliphatic carboxylic acids is 1. The van der Waals surface area contributed by atoms with Crippen LogP contribution in [0.1, 0.15) is 118 Å². The third-order valence-corrected chi connectivity index (χ3v) is 13.3. The number of aliphatic hydroxyl groups excluding tert-OH is 1. The van der Waals surface area contributed by atoms with Crippen LogP contribution in [0.5, 0.6) is 5.75 Å². The van der Waals surface area contributed by atoms with Crippen molar-refractivity contribution in [3.63, 3.8) is 0 Å². The van der Waals surface area contributed by atoms with Crippen LogP contribution in [0.2, 0.25) is 0 Å². The molecule has 0 spiro atoms.